The molecule has 1 fully saturated rings. The Balaban J connectivity index is 1.33. The first kappa shape index (κ1) is 23.0. The predicted molar refractivity (Wildman–Crippen MR) is 132 cm³/mol. The monoisotopic (exact) mass is 460 g/mol. The van der Waals surface area contributed by atoms with Gasteiger partial charge in [-0.15, -0.1) is 0 Å². The van der Waals surface area contributed by atoms with E-state index in [0.717, 1.165) is 21.7 Å². The average molecular weight is 461 g/mol. The molecule has 3 aromatic rings. The number of nitrogens with one attached hydrogen (secondary N) is 1. The standard InChI is InChI=1S/C26H28N4O2S/c1-19-8-6-12-23(20(19)2)28-24(31)18-29-14-16-30(17-15-29)26(32)22-11-7-13-27-25(22)33-21-9-4-3-5-10-21/h3-13H,14-18H2,1-2H3,(H,28,31). The second-order valence-electron chi connectivity index (χ2n) is 8.14. The van der Waals surface area contributed by atoms with E-state index in [0.29, 0.717) is 43.3 Å². The second kappa shape index (κ2) is 10.6. The van der Waals surface area contributed by atoms with Gasteiger partial charge < -0.3 is 10.2 Å². The molecule has 2 aromatic carbocycles. The van der Waals surface area contributed by atoms with Crippen molar-refractivity contribution in [2.24, 2.45) is 0 Å². The summed E-state index contributed by atoms with van der Waals surface area (Å²) in [5.74, 6) is -0.0432. The number of hydrogen-bond donors (Lipinski definition) is 1. The number of carbonyl (C=O) groups is 2. The lowest BCUT2D eigenvalue weighted by molar-refractivity contribution is -0.117. The molecule has 2 heterocycles. The Labute approximate surface area is 199 Å². The maximum Gasteiger partial charge on any atom is 0.256 e. The highest BCUT2D eigenvalue weighted by molar-refractivity contribution is 7.99. The van der Waals surface area contributed by atoms with E-state index in [2.05, 4.69) is 15.2 Å². The summed E-state index contributed by atoms with van der Waals surface area (Å²) in [7, 11) is 0. The van der Waals surface area contributed by atoms with Crippen LogP contribution in [0.3, 0.4) is 0 Å². The summed E-state index contributed by atoms with van der Waals surface area (Å²) in [6, 6.07) is 19.5. The molecule has 7 heteroatoms. The van der Waals surface area contributed by atoms with Gasteiger partial charge in [0.25, 0.3) is 5.91 Å². The predicted octanol–water partition coefficient (Wildman–Crippen LogP) is 4.25. The number of pyridine rings is 1. The molecule has 0 unspecified atom stereocenters. The summed E-state index contributed by atoms with van der Waals surface area (Å²) in [4.78, 5) is 35.2. The lowest BCUT2D eigenvalue weighted by atomic mass is 10.1. The third kappa shape index (κ3) is 5.80. The lowest BCUT2D eigenvalue weighted by Gasteiger charge is -2.34. The fraction of sp³-hybridized carbons (Fsp3) is 0.269. The van der Waals surface area contributed by atoms with Gasteiger partial charge in [-0.3, -0.25) is 14.5 Å². The summed E-state index contributed by atoms with van der Waals surface area (Å²) in [6.07, 6.45) is 1.72. The SMILES string of the molecule is Cc1cccc(NC(=O)CN2CCN(C(=O)c3cccnc3Sc3ccccc3)CC2)c1C. The third-order valence-corrected chi connectivity index (χ3v) is 6.89. The molecule has 33 heavy (non-hydrogen) atoms. The topological polar surface area (TPSA) is 65.5 Å². The van der Waals surface area contributed by atoms with E-state index in [1.807, 2.05) is 73.3 Å². The smallest absolute Gasteiger partial charge is 0.256 e. The van der Waals surface area contributed by atoms with E-state index in [1.54, 1.807) is 12.3 Å². The molecule has 0 bridgehead atoms. The van der Waals surface area contributed by atoms with Crippen molar-refractivity contribution in [1.82, 2.24) is 14.8 Å². The maximum absolute atomic E-state index is 13.2. The molecule has 1 saturated heterocycles. The van der Waals surface area contributed by atoms with Gasteiger partial charge in [-0.25, -0.2) is 4.98 Å². The second-order valence-corrected chi connectivity index (χ2v) is 9.20. The van der Waals surface area contributed by atoms with Crippen LogP contribution in [0.4, 0.5) is 5.69 Å². The van der Waals surface area contributed by atoms with E-state index in [-0.39, 0.29) is 11.8 Å². The van der Waals surface area contributed by atoms with Crippen molar-refractivity contribution in [2.75, 3.05) is 38.0 Å². The largest absolute Gasteiger partial charge is 0.336 e. The van der Waals surface area contributed by atoms with Crippen LogP contribution in [0.2, 0.25) is 0 Å². The maximum atomic E-state index is 13.2. The van der Waals surface area contributed by atoms with E-state index in [4.69, 9.17) is 0 Å². The fourth-order valence-electron chi connectivity index (χ4n) is 3.79. The molecule has 1 N–H and O–H groups in total. The van der Waals surface area contributed by atoms with E-state index < -0.39 is 0 Å². The minimum atomic E-state index is -0.0303. The number of nitrogens with zero attached hydrogens (tertiary/aromatic N) is 3. The molecule has 0 radical (unpaired) electrons. The number of benzene rings is 2. The van der Waals surface area contributed by atoms with Crippen molar-refractivity contribution in [3.8, 4) is 0 Å². The van der Waals surface area contributed by atoms with E-state index >= 15 is 0 Å². The van der Waals surface area contributed by atoms with E-state index in [9.17, 15) is 9.59 Å². The zero-order valence-corrected chi connectivity index (χ0v) is 19.8. The lowest BCUT2D eigenvalue weighted by Crippen LogP contribution is -2.50. The van der Waals surface area contributed by atoms with Crippen LogP contribution >= 0.6 is 11.8 Å². The highest BCUT2D eigenvalue weighted by Gasteiger charge is 2.25. The van der Waals surface area contributed by atoms with Crippen molar-refractivity contribution < 1.29 is 9.59 Å². The summed E-state index contributed by atoms with van der Waals surface area (Å²) in [5, 5.41) is 3.73. The number of aryl methyl sites for hydroxylation is 1. The van der Waals surface area contributed by atoms with E-state index in [1.165, 1.54) is 11.8 Å². The molecule has 4 rings (SSSR count). The Morgan fingerprint density at radius 3 is 2.45 bits per heavy atom. The minimum Gasteiger partial charge on any atom is -0.336 e. The van der Waals surface area contributed by atoms with Gasteiger partial charge in [0.1, 0.15) is 5.03 Å². The highest BCUT2D eigenvalue weighted by atomic mass is 32.2. The number of hydrogen-bond acceptors (Lipinski definition) is 5. The zero-order valence-electron chi connectivity index (χ0n) is 19.0. The van der Waals surface area contributed by atoms with Crippen LogP contribution < -0.4 is 5.32 Å². The van der Waals surface area contributed by atoms with Crippen molar-refractivity contribution in [1.29, 1.82) is 0 Å². The Kier molecular flexibility index (Phi) is 7.42. The quantitative estimate of drug-likeness (QED) is 0.596. The summed E-state index contributed by atoms with van der Waals surface area (Å²) < 4.78 is 0. The van der Waals surface area contributed by atoms with Crippen molar-refractivity contribution in [3.05, 3.63) is 83.6 Å². The van der Waals surface area contributed by atoms with Crippen LogP contribution in [0.25, 0.3) is 0 Å². The van der Waals surface area contributed by atoms with Gasteiger partial charge in [0.15, 0.2) is 0 Å². The first-order valence-electron chi connectivity index (χ1n) is 11.1. The van der Waals surface area contributed by atoms with Gasteiger partial charge in [0, 0.05) is 43.0 Å². The van der Waals surface area contributed by atoms with Crippen LogP contribution in [-0.4, -0.2) is 59.3 Å². The third-order valence-electron chi connectivity index (χ3n) is 5.86. The Morgan fingerprint density at radius 2 is 1.70 bits per heavy atom. The van der Waals surface area contributed by atoms with Crippen LogP contribution in [0.15, 0.2) is 76.8 Å². The Morgan fingerprint density at radius 1 is 0.939 bits per heavy atom. The molecular formula is C26H28N4O2S. The zero-order chi connectivity index (χ0) is 23.2. The molecule has 2 amide bonds. The molecule has 170 valence electrons. The molecule has 0 spiro atoms. The van der Waals surface area contributed by atoms with Crippen LogP contribution in [0.1, 0.15) is 21.5 Å². The average Bonchev–Trinajstić information content (AvgIpc) is 2.83. The van der Waals surface area contributed by atoms with Crippen molar-refractivity contribution >= 4 is 29.3 Å². The fourth-order valence-corrected chi connectivity index (χ4v) is 4.69. The Bertz CT molecular complexity index is 1130. The van der Waals surface area contributed by atoms with Crippen LogP contribution in [0.5, 0.6) is 0 Å². The Hall–Kier alpha value is -3.16. The molecule has 0 saturated carbocycles. The number of carbonyl (C=O) groups excluding carboxylic acids is 2. The number of piperazine rings is 1. The van der Waals surface area contributed by atoms with Gasteiger partial charge in [0.2, 0.25) is 5.91 Å². The summed E-state index contributed by atoms with van der Waals surface area (Å²) in [5.41, 5.74) is 3.71. The molecule has 1 aliphatic heterocycles. The van der Waals surface area contributed by atoms with Crippen LogP contribution in [-0.2, 0) is 4.79 Å². The molecule has 1 aliphatic rings. The van der Waals surface area contributed by atoms with Gasteiger partial charge in [0.05, 0.1) is 12.1 Å². The first-order valence-corrected chi connectivity index (χ1v) is 11.9. The molecule has 1 aromatic heterocycles. The van der Waals surface area contributed by atoms with Gasteiger partial charge in [-0.05, 0) is 55.3 Å². The highest BCUT2D eigenvalue weighted by Crippen LogP contribution is 2.29. The van der Waals surface area contributed by atoms with Crippen molar-refractivity contribution in [2.45, 2.75) is 23.8 Å². The van der Waals surface area contributed by atoms with Gasteiger partial charge in [-0.2, -0.15) is 0 Å². The summed E-state index contributed by atoms with van der Waals surface area (Å²) >= 11 is 1.50. The number of anilines is 1. The normalized spacial score (nSPS) is 14.2. The van der Waals surface area contributed by atoms with Gasteiger partial charge in [-0.1, -0.05) is 42.1 Å². The first-order chi connectivity index (χ1) is 16.0. The number of rotatable bonds is 6. The molecule has 0 aliphatic carbocycles. The summed E-state index contributed by atoms with van der Waals surface area (Å²) in [6.45, 7) is 6.85. The molecule has 0 atom stereocenters. The number of aromatic nitrogens is 1. The number of amides is 2. The van der Waals surface area contributed by atoms with Gasteiger partial charge >= 0.3 is 0 Å². The molecular weight excluding hydrogens is 432 g/mol. The molecule has 6 nitrogen and oxygen atoms in total. The minimum absolute atomic E-state index is 0.0129. The van der Waals surface area contributed by atoms with Crippen molar-refractivity contribution in [3.63, 3.8) is 0 Å². The van der Waals surface area contributed by atoms with Crippen LogP contribution in [0, 0.1) is 13.8 Å².